The van der Waals surface area contributed by atoms with Gasteiger partial charge in [-0.05, 0) is 41.8 Å². The smallest absolute Gasteiger partial charge is 0.257 e. The second-order valence-corrected chi connectivity index (χ2v) is 7.18. The monoisotopic (exact) mass is 404 g/mol. The number of nitrogens with zero attached hydrogens (tertiary/aromatic N) is 3. The molecule has 0 amide bonds. The number of nitrogens with one attached hydrogen (secondary N) is 1. The molecule has 1 N–H and O–H groups in total. The Morgan fingerprint density at radius 1 is 1.03 bits per heavy atom. The van der Waals surface area contributed by atoms with Crippen molar-refractivity contribution in [2.75, 3.05) is 7.11 Å². The van der Waals surface area contributed by atoms with Gasteiger partial charge in [0.25, 0.3) is 11.8 Å². The maximum Gasteiger partial charge on any atom is 0.257 e. The Labute approximate surface area is 170 Å². The number of aromatic amines is 1. The van der Waals surface area contributed by atoms with E-state index in [0.717, 1.165) is 27.3 Å². The second kappa shape index (κ2) is 7.40. The van der Waals surface area contributed by atoms with E-state index in [1.165, 1.54) is 0 Å². The van der Waals surface area contributed by atoms with E-state index in [4.69, 9.17) is 13.9 Å². The second-order valence-electron chi connectivity index (χ2n) is 6.24. The van der Waals surface area contributed by atoms with Gasteiger partial charge < -0.3 is 18.9 Å². The summed E-state index contributed by atoms with van der Waals surface area (Å²) >= 11 is 1.54. The Kier molecular flexibility index (Phi) is 4.45. The third kappa shape index (κ3) is 3.45. The summed E-state index contributed by atoms with van der Waals surface area (Å²) in [5.41, 5.74) is 2.81. The van der Waals surface area contributed by atoms with Gasteiger partial charge in [-0.15, -0.1) is 21.5 Å². The topological polar surface area (TPSA) is 86.1 Å². The highest BCUT2D eigenvalue weighted by Crippen LogP contribution is 2.33. The normalized spacial score (nSPS) is 11.1. The zero-order valence-corrected chi connectivity index (χ0v) is 16.3. The number of hydrogen-bond acceptors (Lipinski definition) is 7. The van der Waals surface area contributed by atoms with Crippen LogP contribution >= 0.6 is 11.3 Å². The van der Waals surface area contributed by atoms with Crippen molar-refractivity contribution in [2.24, 2.45) is 0 Å². The third-order valence-corrected chi connectivity index (χ3v) is 5.23. The number of fused-ring (bicyclic) bond motifs is 1. The molecule has 7 nitrogen and oxygen atoms in total. The van der Waals surface area contributed by atoms with Gasteiger partial charge in [0.15, 0.2) is 18.1 Å². The number of ether oxygens (including phenoxy) is 2. The lowest BCUT2D eigenvalue weighted by Gasteiger charge is -2.10. The fraction of sp³-hybridized carbons (Fsp3) is 0.0952. The number of aromatic nitrogens is 4. The van der Waals surface area contributed by atoms with Crippen LogP contribution in [0.4, 0.5) is 0 Å². The lowest BCUT2D eigenvalue weighted by molar-refractivity contribution is 0.251. The Morgan fingerprint density at radius 3 is 2.79 bits per heavy atom. The fourth-order valence-electron chi connectivity index (χ4n) is 2.97. The average molecular weight is 404 g/mol. The lowest BCUT2D eigenvalue weighted by atomic mass is 10.2. The van der Waals surface area contributed by atoms with Crippen molar-refractivity contribution >= 4 is 22.4 Å². The van der Waals surface area contributed by atoms with Gasteiger partial charge in [-0.25, -0.2) is 4.98 Å². The number of H-pyrrole nitrogens is 1. The average Bonchev–Trinajstić information content (AvgIpc) is 3.52. The summed E-state index contributed by atoms with van der Waals surface area (Å²) in [5, 5.41) is 10.1. The van der Waals surface area contributed by atoms with Crippen LogP contribution in [0.25, 0.3) is 33.2 Å². The van der Waals surface area contributed by atoms with Gasteiger partial charge in [-0.1, -0.05) is 18.2 Å². The molecule has 0 aliphatic carbocycles. The van der Waals surface area contributed by atoms with E-state index in [0.29, 0.717) is 23.3 Å². The van der Waals surface area contributed by atoms with Gasteiger partial charge >= 0.3 is 0 Å². The van der Waals surface area contributed by atoms with E-state index in [9.17, 15) is 0 Å². The van der Waals surface area contributed by atoms with Crippen molar-refractivity contribution in [2.45, 2.75) is 6.61 Å². The maximum atomic E-state index is 5.85. The molecule has 29 heavy (non-hydrogen) atoms. The zero-order valence-electron chi connectivity index (χ0n) is 15.5. The van der Waals surface area contributed by atoms with Crippen molar-refractivity contribution in [3.63, 3.8) is 0 Å². The minimum absolute atomic E-state index is 0.152. The van der Waals surface area contributed by atoms with Crippen LogP contribution in [-0.2, 0) is 6.61 Å². The van der Waals surface area contributed by atoms with Crippen LogP contribution in [0.2, 0.25) is 0 Å². The summed E-state index contributed by atoms with van der Waals surface area (Å²) in [6.07, 6.45) is 0. The molecule has 0 bridgehead atoms. The first-order valence-corrected chi connectivity index (χ1v) is 9.80. The predicted molar refractivity (Wildman–Crippen MR) is 110 cm³/mol. The number of para-hydroxylation sites is 2. The molecule has 0 saturated heterocycles. The summed E-state index contributed by atoms with van der Waals surface area (Å²) in [4.78, 5) is 8.87. The molecule has 0 atom stereocenters. The Hall–Kier alpha value is -3.65. The number of benzene rings is 2. The number of hydrogen-bond donors (Lipinski definition) is 1. The highest BCUT2D eigenvalue weighted by molar-refractivity contribution is 7.13. The summed E-state index contributed by atoms with van der Waals surface area (Å²) in [7, 11) is 1.60. The molecule has 0 fully saturated rings. The van der Waals surface area contributed by atoms with E-state index >= 15 is 0 Å². The van der Waals surface area contributed by atoms with E-state index in [-0.39, 0.29) is 6.61 Å². The van der Waals surface area contributed by atoms with Crippen LogP contribution in [0.1, 0.15) is 5.89 Å². The van der Waals surface area contributed by atoms with E-state index < -0.39 is 0 Å². The third-order valence-electron chi connectivity index (χ3n) is 4.38. The van der Waals surface area contributed by atoms with Crippen LogP contribution in [-0.4, -0.2) is 27.3 Å². The largest absolute Gasteiger partial charge is 0.493 e. The number of thiophene rings is 1. The van der Waals surface area contributed by atoms with Crippen molar-refractivity contribution in [1.82, 2.24) is 20.2 Å². The van der Waals surface area contributed by atoms with Gasteiger partial charge in [-0.2, -0.15) is 0 Å². The molecule has 144 valence electrons. The van der Waals surface area contributed by atoms with Gasteiger partial charge in [0.2, 0.25) is 0 Å². The maximum absolute atomic E-state index is 5.85. The van der Waals surface area contributed by atoms with E-state index in [1.54, 1.807) is 18.4 Å². The fourth-order valence-corrected chi connectivity index (χ4v) is 3.62. The number of methoxy groups -OCH3 is 1. The summed E-state index contributed by atoms with van der Waals surface area (Å²) in [5.74, 6) is 2.85. The Bertz CT molecular complexity index is 1230. The van der Waals surface area contributed by atoms with Crippen LogP contribution < -0.4 is 9.47 Å². The lowest BCUT2D eigenvalue weighted by Crippen LogP contribution is -1.98. The molecular formula is C21H16N4O3S. The molecule has 3 heterocycles. The quantitative estimate of drug-likeness (QED) is 0.432. The SMILES string of the molecule is COc1cc(-c2nc3ccccc3[nH]2)ccc1OCc1nnc(-c2cccs2)o1. The molecule has 0 spiro atoms. The van der Waals surface area contributed by atoms with E-state index in [2.05, 4.69) is 20.2 Å². The van der Waals surface area contributed by atoms with Crippen molar-refractivity contribution in [3.05, 3.63) is 65.9 Å². The Morgan fingerprint density at radius 2 is 1.97 bits per heavy atom. The van der Waals surface area contributed by atoms with Crippen LogP contribution in [0, 0.1) is 0 Å². The first-order chi connectivity index (χ1) is 14.3. The van der Waals surface area contributed by atoms with Crippen molar-refractivity contribution in [1.29, 1.82) is 0 Å². The van der Waals surface area contributed by atoms with E-state index in [1.807, 2.05) is 60.0 Å². The summed E-state index contributed by atoms with van der Waals surface area (Å²) in [6.45, 7) is 0.152. The summed E-state index contributed by atoms with van der Waals surface area (Å²) in [6, 6.07) is 17.4. The van der Waals surface area contributed by atoms with Gasteiger partial charge in [0, 0.05) is 5.56 Å². The van der Waals surface area contributed by atoms with Crippen molar-refractivity contribution < 1.29 is 13.9 Å². The molecule has 5 aromatic rings. The molecule has 0 aliphatic heterocycles. The van der Waals surface area contributed by atoms with Crippen molar-refractivity contribution in [3.8, 4) is 33.7 Å². The Balaban J connectivity index is 1.35. The van der Waals surface area contributed by atoms with Crippen LogP contribution in [0.5, 0.6) is 11.5 Å². The van der Waals surface area contributed by atoms with Gasteiger partial charge in [0.05, 0.1) is 23.0 Å². The first kappa shape index (κ1) is 17.4. The molecule has 5 rings (SSSR count). The zero-order chi connectivity index (χ0) is 19.6. The minimum Gasteiger partial charge on any atom is -0.493 e. The predicted octanol–water partition coefficient (Wildman–Crippen LogP) is 4.93. The molecule has 0 saturated carbocycles. The number of rotatable bonds is 6. The molecular weight excluding hydrogens is 388 g/mol. The molecule has 8 heteroatoms. The number of imidazole rings is 1. The molecule has 0 radical (unpaired) electrons. The molecule has 2 aromatic carbocycles. The van der Waals surface area contributed by atoms with Gasteiger partial charge in [-0.3, -0.25) is 0 Å². The highest BCUT2D eigenvalue weighted by Gasteiger charge is 2.13. The minimum atomic E-state index is 0.152. The highest BCUT2D eigenvalue weighted by atomic mass is 32.1. The van der Waals surface area contributed by atoms with Crippen LogP contribution in [0.15, 0.2) is 64.4 Å². The first-order valence-electron chi connectivity index (χ1n) is 8.92. The molecule has 0 aliphatic rings. The standard InChI is InChI=1S/C21H16N4O3S/c1-26-17-11-13(20-22-14-5-2-3-6-15(14)23-20)8-9-16(17)27-12-19-24-25-21(28-19)18-7-4-10-29-18/h2-11H,12H2,1H3,(H,22,23). The van der Waals surface area contributed by atoms with Crippen LogP contribution in [0.3, 0.4) is 0 Å². The molecule has 3 aromatic heterocycles. The van der Waals surface area contributed by atoms with Gasteiger partial charge in [0.1, 0.15) is 5.82 Å². The molecule has 0 unspecified atom stereocenters. The summed E-state index contributed by atoms with van der Waals surface area (Å²) < 4.78 is 17.0.